The van der Waals surface area contributed by atoms with E-state index >= 15 is 0 Å². The first-order chi connectivity index (χ1) is 13.5. The van der Waals surface area contributed by atoms with Gasteiger partial charge in [0.15, 0.2) is 6.10 Å². The highest BCUT2D eigenvalue weighted by Crippen LogP contribution is 2.32. The Morgan fingerprint density at radius 2 is 2.04 bits per heavy atom. The monoisotopic (exact) mass is 402 g/mol. The van der Waals surface area contributed by atoms with Crippen molar-refractivity contribution in [2.45, 2.75) is 38.0 Å². The third-order valence-electron chi connectivity index (χ3n) is 5.66. The zero-order valence-electron chi connectivity index (χ0n) is 16.4. The Bertz CT molecular complexity index is 853. The topological polar surface area (TPSA) is 57.7 Å². The number of ether oxygens (including phenoxy) is 1. The zero-order valence-corrected chi connectivity index (χ0v) is 17.2. The van der Waals surface area contributed by atoms with Crippen LogP contribution in [-0.4, -0.2) is 67.3 Å². The molecule has 6 nitrogen and oxygen atoms in total. The van der Waals surface area contributed by atoms with Crippen molar-refractivity contribution in [1.82, 2.24) is 15.2 Å². The molecule has 1 aromatic heterocycles. The molecule has 3 heterocycles. The number of hydrogen-bond acceptors (Lipinski definition) is 5. The van der Waals surface area contributed by atoms with E-state index in [2.05, 4.69) is 27.1 Å². The number of carbonyl (C=O) groups excluding carboxylic acids is 1. The first-order valence-corrected chi connectivity index (χ1v) is 10.3. The Balaban J connectivity index is 1.51. The van der Waals surface area contributed by atoms with Crippen LogP contribution < -0.4 is 10.2 Å². The second-order valence-corrected chi connectivity index (χ2v) is 8.30. The Hall–Kier alpha value is -1.89. The average Bonchev–Trinajstić information content (AvgIpc) is 2.70. The summed E-state index contributed by atoms with van der Waals surface area (Å²) >= 11 is 6.32. The number of benzene rings is 1. The van der Waals surface area contributed by atoms with Crippen molar-refractivity contribution in [3.05, 3.63) is 35.5 Å². The largest absolute Gasteiger partial charge is 0.365 e. The molecule has 0 spiro atoms. The highest BCUT2D eigenvalue weighted by Gasteiger charge is 2.32. The van der Waals surface area contributed by atoms with Crippen LogP contribution in [0, 0.1) is 0 Å². The van der Waals surface area contributed by atoms with Crippen molar-refractivity contribution in [3.8, 4) is 0 Å². The second-order valence-electron chi connectivity index (χ2n) is 7.89. The van der Waals surface area contributed by atoms with Gasteiger partial charge >= 0.3 is 0 Å². The number of morpholine rings is 1. The van der Waals surface area contributed by atoms with Crippen LogP contribution in [0.3, 0.4) is 0 Å². The lowest BCUT2D eigenvalue weighted by atomic mass is 10.0. The lowest BCUT2D eigenvalue weighted by molar-refractivity contribution is -0.138. The summed E-state index contributed by atoms with van der Waals surface area (Å²) in [6.07, 6.45) is 3.21. The maximum Gasteiger partial charge on any atom is 0.251 e. The summed E-state index contributed by atoms with van der Waals surface area (Å²) in [5.41, 5.74) is 1.83. The maximum atomic E-state index is 12.9. The van der Waals surface area contributed by atoms with Crippen molar-refractivity contribution >= 4 is 34.1 Å². The maximum absolute atomic E-state index is 12.9. The first-order valence-electron chi connectivity index (χ1n) is 9.94. The van der Waals surface area contributed by atoms with Gasteiger partial charge in [-0.05, 0) is 64.2 Å². The first kappa shape index (κ1) is 19.4. The van der Waals surface area contributed by atoms with Gasteiger partial charge < -0.3 is 19.9 Å². The second kappa shape index (κ2) is 8.23. The highest BCUT2D eigenvalue weighted by molar-refractivity contribution is 6.35. The smallest absolute Gasteiger partial charge is 0.251 e. The summed E-state index contributed by atoms with van der Waals surface area (Å²) in [6.45, 7) is 5.29. The number of hydrogen-bond donors (Lipinski definition) is 1. The van der Waals surface area contributed by atoms with Gasteiger partial charge in [-0.2, -0.15) is 0 Å². The van der Waals surface area contributed by atoms with E-state index in [4.69, 9.17) is 16.3 Å². The van der Waals surface area contributed by atoms with Crippen molar-refractivity contribution in [2.75, 3.05) is 38.1 Å². The third kappa shape index (κ3) is 4.09. The van der Waals surface area contributed by atoms with Crippen molar-refractivity contribution in [3.63, 3.8) is 0 Å². The van der Waals surface area contributed by atoms with E-state index in [1.54, 1.807) is 6.20 Å². The predicted octanol–water partition coefficient (Wildman–Crippen LogP) is 2.69. The fourth-order valence-electron chi connectivity index (χ4n) is 4.14. The van der Waals surface area contributed by atoms with Crippen LogP contribution in [-0.2, 0) is 9.53 Å². The van der Waals surface area contributed by atoms with Crippen LogP contribution >= 0.6 is 11.6 Å². The molecule has 2 aliphatic heterocycles. The molecule has 2 aliphatic rings. The highest BCUT2D eigenvalue weighted by atomic mass is 35.5. The van der Waals surface area contributed by atoms with Gasteiger partial charge in [0.25, 0.3) is 5.91 Å². The zero-order chi connectivity index (χ0) is 19.7. The summed E-state index contributed by atoms with van der Waals surface area (Å²) in [4.78, 5) is 21.8. The fraction of sp³-hybridized carbons (Fsp3) is 0.524. The number of carbonyl (C=O) groups is 1. The SMILES string of the molecule is C[C@@H]1CN(c2ccc(Cl)c3ncccc23)C[C@H](C(=O)NC2CCN(C)CC2)O1. The molecule has 7 heteroatoms. The summed E-state index contributed by atoms with van der Waals surface area (Å²) in [5.74, 6) is -0.0116. The number of halogens is 1. The van der Waals surface area contributed by atoms with E-state index in [1.165, 1.54) is 0 Å². The molecule has 1 amide bonds. The molecule has 2 atom stereocenters. The van der Waals surface area contributed by atoms with Gasteiger partial charge in [0.2, 0.25) is 0 Å². The van der Waals surface area contributed by atoms with Gasteiger partial charge in [-0.25, -0.2) is 0 Å². The molecule has 1 aromatic carbocycles. The summed E-state index contributed by atoms with van der Waals surface area (Å²) in [7, 11) is 2.12. The third-order valence-corrected chi connectivity index (χ3v) is 5.96. The molecule has 150 valence electrons. The van der Waals surface area contributed by atoms with E-state index in [-0.39, 0.29) is 18.1 Å². The molecule has 2 saturated heterocycles. The van der Waals surface area contributed by atoms with Crippen LogP contribution in [0.1, 0.15) is 19.8 Å². The number of piperidine rings is 1. The molecule has 1 N–H and O–H groups in total. The number of nitrogens with one attached hydrogen (secondary N) is 1. The number of nitrogens with zero attached hydrogens (tertiary/aromatic N) is 3. The Morgan fingerprint density at radius 3 is 2.82 bits per heavy atom. The molecule has 0 saturated carbocycles. The minimum atomic E-state index is -0.481. The van der Waals surface area contributed by atoms with Gasteiger partial charge in [-0.1, -0.05) is 11.6 Å². The van der Waals surface area contributed by atoms with Crippen LogP contribution in [0.2, 0.25) is 5.02 Å². The number of amides is 1. The number of pyridine rings is 1. The minimum absolute atomic E-state index is 0.0116. The van der Waals surface area contributed by atoms with Crippen LogP contribution in [0.25, 0.3) is 10.9 Å². The molecule has 0 radical (unpaired) electrons. The summed E-state index contributed by atoms with van der Waals surface area (Å²) < 4.78 is 5.99. The molecule has 2 aromatic rings. The van der Waals surface area contributed by atoms with Gasteiger partial charge in [-0.15, -0.1) is 0 Å². The van der Waals surface area contributed by atoms with Crippen LogP contribution in [0.4, 0.5) is 5.69 Å². The van der Waals surface area contributed by atoms with E-state index in [0.717, 1.165) is 49.1 Å². The number of fused-ring (bicyclic) bond motifs is 1. The molecule has 0 unspecified atom stereocenters. The van der Waals surface area contributed by atoms with Gasteiger partial charge in [0.05, 0.1) is 23.2 Å². The van der Waals surface area contributed by atoms with E-state index in [1.807, 2.05) is 31.2 Å². The fourth-order valence-corrected chi connectivity index (χ4v) is 4.35. The van der Waals surface area contributed by atoms with Gasteiger partial charge in [0, 0.05) is 29.9 Å². The lowest BCUT2D eigenvalue weighted by Gasteiger charge is -2.39. The quantitative estimate of drug-likeness (QED) is 0.855. The lowest BCUT2D eigenvalue weighted by Crippen LogP contribution is -2.55. The summed E-state index contributed by atoms with van der Waals surface area (Å²) in [5, 5.41) is 4.83. The van der Waals surface area contributed by atoms with Gasteiger partial charge in [-0.3, -0.25) is 9.78 Å². The molecule has 0 bridgehead atoms. The van der Waals surface area contributed by atoms with E-state index in [0.29, 0.717) is 11.6 Å². The molecule has 0 aliphatic carbocycles. The number of likely N-dealkylation sites (tertiary alicyclic amines) is 1. The van der Waals surface area contributed by atoms with E-state index in [9.17, 15) is 4.79 Å². The van der Waals surface area contributed by atoms with Crippen molar-refractivity contribution in [1.29, 1.82) is 0 Å². The normalized spacial score (nSPS) is 24.5. The molecular formula is C21H27ClN4O2. The molecule has 4 rings (SSSR count). The number of anilines is 1. The Morgan fingerprint density at radius 1 is 1.25 bits per heavy atom. The minimum Gasteiger partial charge on any atom is -0.365 e. The standard InChI is InChI=1S/C21H27ClN4O2/c1-14-12-26(18-6-5-17(22)20-16(18)4-3-9-23-20)13-19(28-14)21(27)24-15-7-10-25(2)11-8-15/h3-6,9,14-15,19H,7-8,10-13H2,1-2H3,(H,24,27)/t14-,19-/m1/s1. The molecule has 2 fully saturated rings. The Labute approximate surface area is 170 Å². The Kier molecular flexibility index (Phi) is 5.71. The van der Waals surface area contributed by atoms with Crippen LogP contribution in [0.5, 0.6) is 0 Å². The molecular weight excluding hydrogens is 376 g/mol. The summed E-state index contributed by atoms with van der Waals surface area (Å²) in [6, 6.07) is 8.06. The van der Waals surface area contributed by atoms with Crippen LogP contribution in [0.15, 0.2) is 30.5 Å². The molecule has 28 heavy (non-hydrogen) atoms. The number of rotatable bonds is 3. The van der Waals surface area contributed by atoms with Gasteiger partial charge in [0.1, 0.15) is 0 Å². The average molecular weight is 403 g/mol. The van der Waals surface area contributed by atoms with E-state index < -0.39 is 6.10 Å². The number of aromatic nitrogens is 1. The predicted molar refractivity (Wildman–Crippen MR) is 112 cm³/mol. The van der Waals surface area contributed by atoms with Crippen molar-refractivity contribution in [2.24, 2.45) is 0 Å². The van der Waals surface area contributed by atoms with Crippen molar-refractivity contribution < 1.29 is 9.53 Å².